The fourth-order valence-corrected chi connectivity index (χ4v) is 17.6. The molecule has 7 N–H and O–H groups in total. The number of ketones is 1. The molecule has 468 valence electrons. The van der Waals surface area contributed by atoms with E-state index in [1.807, 2.05) is 28.7 Å². The highest BCUT2D eigenvalue weighted by atomic mass is 32.1. The van der Waals surface area contributed by atoms with E-state index in [2.05, 4.69) is 15.5 Å². The molecule has 0 saturated carbocycles. The SMILES string of the molecule is Cc1sc2nc1C(=O)C[C@@H]([C@H](O)c1ccccc1)c1nc(cs1)C(=O)N[C@@H](Cc1ccc(O)cc1)C(=O)N1C[C@H](O)[C@H](C)[C@H]1c1nc(cs1)-c1nc(cs1)-c1nc(-c3nc(C(=O)N4CCC(N5CCCC5)CC4)cs3)ccc1-c1nc(cs1)C(=O)N[C@H]2CC(N)=O. The molecule has 10 bridgehead atoms. The van der Waals surface area contributed by atoms with Gasteiger partial charge >= 0.3 is 0 Å². The van der Waals surface area contributed by atoms with Crippen LogP contribution in [0.3, 0.4) is 0 Å². The average Bonchev–Trinajstić information content (AvgIpc) is 1.70. The van der Waals surface area contributed by atoms with Crippen LogP contribution in [-0.2, 0) is 16.0 Å². The lowest BCUT2D eigenvalue weighted by Gasteiger charge is -2.36. The number of aliphatic hydroxyl groups excluding tert-OH is 2. The molecule has 13 rings (SSSR count). The second-order valence-corrected chi connectivity index (χ2v) is 28.7. The number of amides is 5. The highest BCUT2D eigenvalue weighted by Crippen LogP contribution is 2.44. The molecule has 4 aliphatic rings. The van der Waals surface area contributed by atoms with Crippen molar-refractivity contribution >= 4 is 103 Å². The van der Waals surface area contributed by atoms with Crippen LogP contribution in [0.1, 0.15) is 143 Å². The first-order chi connectivity index (χ1) is 44.0. The number of carbonyl (C=O) groups excluding carboxylic acids is 6. The van der Waals surface area contributed by atoms with Crippen molar-refractivity contribution < 1.29 is 44.1 Å². The maximum Gasteiger partial charge on any atom is 0.273 e. The third-order valence-electron chi connectivity index (χ3n) is 17.1. The first-order valence-electron chi connectivity index (χ1n) is 29.7. The van der Waals surface area contributed by atoms with Crippen LogP contribution in [0, 0.1) is 12.8 Å². The molecule has 4 aliphatic heterocycles. The smallest absolute Gasteiger partial charge is 0.273 e. The molecule has 7 atom stereocenters. The highest BCUT2D eigenvalue weighted by molar-refractivity contribution is 7.15. The number of aryl methyl sites for hydroxylation is 1. The monoisotopic (exact) mass is 1340 g/mol. The first kappa shape index (κ1) is 61.9. The molecule has 9 aromatic rings. The van der Waals surface area contributed by atoms with E-state index < -0.39 is 71.6 Å². The molecule has 11 heterocycles. The zero-order valence-electron chi connectivity index (χ0n) is 49.1. The minimum absolute atomic E-state index is 0.0102. The molecule has 3 fully saturated rings. The van der Waals surface area contributed by atoms with Gasteiger partial charge in [0.25, 0.3) is 17.7 Å². The number of hydrogen-bond donors (Lipinski definition) is 6. The number of hydrogen-bond acceptors (Lipinski definition) is 23. The van der Waals surface area contributed by atoms with Crippen LogP contribution >= 0.6 is 68.0 Å². The van der Waals surface area contributed by atoms with E-state index in [9.17, 15) is 39.3 Å². The summed E-state index contributed by atoms with van der Waals surface area (Å²) in [6.45, 7) is 6.98. The molecule has 0 unspecified atom stereocenters. The molecule has 3 saturated heterocycles. The van der Waals surface area contributed by atoms with E-state index in [-0.39, 0.29) is 64.6 Å². The number of phenolic OH excluding ortho intramolecular Hbond substituents is 1. The molecule has 7 aromatic heterocycles. The number of pyridine rings is 1. The van der Waals surface area contributed by atoms with Crippen molar-refractivity contribution in [2.24, 2.45) is 11.7 Å². The number of thiazole rings is 6. The molecule has 28 heteroatoms. The Labute approximate surface area is 546 Å². The summed E-state index contributed by atoms with van der Waals surface area (Å²) in [5.74, 6) is -4.72. The van der Waals surface area contributed by atoms with Crippen molar-refractivity contribution in [3.63, 3.8) is 0 Å². The second-order valence-electron chi connectivity index (χ2n) is 23.1. The number of nitrogens with zero attached hydrogens (tertiary/aromatic N) is 10. The van der Waals surface area contributed by atoms with Crippen molar-refractivity contribution in [2.45, 2.75) is 101 Å². The second kappa shape index (κ2) is 26.4. The topological polar surface area (TPSA) is 313 Å². The summed E-state index contributed by atoms with van der Waals surface area (Å²) in [4.78, 5) is 126. The summed E-state index contributed by atoms with van der Waals surface area (Å²) >= 11 is 7.25. The first-order valence-corrected chi connectivity index (χ1v) is 34.9. The average molecular weight is 1340 g/mol. The van der Waals surface area contributed by atoms with Gasteiger partial charge < -0.3 is 46.4 Å². The number of phenols is 1. The Bertz CT molecular complexity index is 4210. The van der Waals surface area contributed by atoms with Gasteiger partial charge in [-0.1, -0.05) is 49.4 Å². The van der Waals surface area contributed by atoms with Gasteiger partial charge in [-0.2, -0.15) is 0 Å². The number of fused-ring (bicyclic) bond motifs is 16. The van der Waals surface area contributed by atoms with E-state index in [4.69, 9.17) is 40.6 Å². The lowest BCUT2D eigenvalue weighted by Crippen LogP contribution is -2.50. The van der Waals surface area contributed by atoms with Gasteiger partial charge in [-0.05, 0) is 81.1 Å². The van der Waals surface area contributed by atoms with Crippen LogP contribution in [0.5, 0.6) is 5.75 Å². The summed E-state index contributed by atoms with van der Waals surface area (Å²) in [7, 11) is 0. The number of likely N-dealkylation sites (tertiary alicyclic amines) is 2. The van der Waals surface area contributed by atoms with E-state index in [0.29, 0.717) is 89.2 Å². The number of rotatable bonds is 9. The van der Waals surface area contributed by atoms with Gasteiger partial charge in [-0.15, -0.1) is 68.0 Å². The molecule has 0 radical (unpaired) electrons. The Morgan fingerprint density at radius 1 is 0.681 bits per heavy atom. The summed E-state index contributed by atoms with van der Waals surface area (Å²) in [5.41, 5.74) is 9.54. The standard InChI is InChI=1S/C63H61N13O9S6/c1-31-48(79)25-76-52(31)61-71-45(29-90-61)59-68-42(26-88-59)51-37(14-15-39(65-51)58-72-46(30-89-58)62(84)75-20-16-35(17-21-75)74-18-6-7-19-74)56-69-43(27-86-56)54(82)66-40(24-49(64)80)60-73-50(32(2)91-60)47(78)23-38(53(81)34-8-4-3-5-9-34)57-70-44(28-87-57)55(83)67-41(63(76)85)22-33-10-12-36(77)13-11-33/h3-5,8-15,26-31,35,38,40-41,48,52-53,77,79,81H,6-7,16-25H2,1-2H3,(H2,64,80)(H,66,82)(H,67,83)/t31-,38-,40-,41-,48-,52-,53+/m0/s1. The van der Waals surface area contributed by atoms with Crippen molar-refractivity contribution in [3.8, 4) is 49.1 Å². The third kappa shape index (κ3) is 13.0. The Kier molecular flexibility index (Phi) is 17.9. The molecule has 0 spiro atoms. The molecule has 22 nitrogen and oxygen atoms in total. The quantitative estimate of drug-likeness (QED) is 0.0785. The van der Waals surface area contributed by atoms with E-state index >= 15 is 4.79 Å². The Morgan fingerprint density at radius 3 is 2.09 bits per heavy atom. The largest absolute Gasteiger partial charge is 0.508 e. The summed E-state index contributed by atoms with van der Waals surface area (Å²) in [5, 5.41) is 50.6. The molecule has 2 aromatic carbocycles. The van der Waals surface area contributed by atoms with Gasteiger partial charge in [0.1, 0.15) is 76.7 Å². The number of nitrogens with one attached hydrogen (secondary N) is 2. The van der Waals surface area contributed by atoms with Crippen LogP contribution in [0.25, 0.3) is 43.4 Å². The maximum atomic E-state index is 15.2. The van der Waals surface area contributed by atoms with Gasteiger partial charge in [-0.3, -0.25) is 28.8 Å². The predicted molar refractivity (Wildman–Crippen MR) is 347 cm³/mol. The normalized spacial score (nSPS) is 21.5. The number of aliphatic hydroxyl groups is 2. The molecule has 0 aliphatic carbocycles. The minimum Gasteiger partial charge on any atom is -0.508 e. The highest BCUT2D eigenvalue weighted by Gasteiger charge is 2.46. The van der Waals surface area contributed by atoms with Gasteiger partial charge in [0.05, 0.1) is 41.4 Å². The molecular formula is C63H61N13O9S6. The zero-order valence-corrected chi connectivity index (χ0v) is 54.0. The van der Waals surface area contributed by atoms with Gasteiger partial charge in [0.15, 0.2) is 5.78 Å². The van der Waals surface area contributed by atoms with Crippen LogP contribution in [-0.4, -0.2) is 151 Å². The molecule has 5 amide bonds. The van der Waals surface area contributed by atoms with Gasteiger partial charge in [0.2, 0.25) is 11.8 Å². The lowest BCUT2D eigenvalue weighted by atomic mass is 9.90. The van der Waals surface area contributed by atoms with E-state index in [0.717, 1.165) is 48.6 Å². The van der Waals surface area contributed by atoms with Crippen molar-refractivity contribution in [2.75, 3.05) is 32.7 Å². The lowest BCUT2D eigenvalue weighted by molar-refractivity contribution is -0.134. The fourth-order valence-electron chi connectivity index (χ4n) is 12.3. The van der Waals surface area contributed by atoms with Crippen LogP contribution in [0.4, 0.5) is 0 Å². The summed E-state index contributed by atoms with van der Waals surface area (Å²) < 4.78 is 0. The number of carbonyl (C=O) groups is 6. The van der Waals surface area contributed by atoms with E-state index in [1.54, 1.807) is 71.1 Å². The Hall–Kier alpha value is -7.93. The minimum atomic E-state index is -1.29. The van der Waals surface area contributed by atoms with Gasteiger partial charge in [0, 0.05) is 87.7 Å². The predicted octanol–water partition coefficient (Wildman–Crippen LogP) is 8.87. The van der Waals surface area contributed by atoms with E-state index in [1.165, 1.54) is 75.7 Å². The van der Waals surface area contributed by atoms with Gasteiger partial charge in [-0.25, -0.2) is 34.9 Å². The fraction of sp³-hybridized carbons (Fsp3) is 0.349. The molecule has 91 heavy (non-hydrogen) atoms. The third-order valence-corrected chi connectivity index (χ3v) is 22.7. The van der Waals surface area contributed by atoms with Crippen LogP contribution < -0.4 is 16.4 Å². The number of benzene rings is 2. The Balaban J connectivity index is 0.878. The summed E-state index contributed by atoms with van der Waals surface area (Å²) in [6, 6.07) is 16.0. The van der Waals surface area contributed by atoms with Crippen LogP contribution in [0.2, 0.25) is 0 Å². The van der Waals surface area contributed by atoms with Crippen molar-refractivity contribution in [3.05, 3.63) is 147 Å². The molecular weight excluding hydrogens is 1280 g/mol. The zero-order chi connectivity index (χ0) is 63.2. The van der Waals surface area contributed by atoms with Crippen molar-refractivity contribution in [1.29, 1.82) is 0 Å². The number of piperidine rings is 1. The number of aromatic hydroxyl groups is 1. The number of primary amides is 1. The van der Waals surface area contributed by atoms with Crippen LogP contribution in [0.15, 0.2) is 93.6 Å². The maximum absolute atomic E-state index is 15.2. The number of Topliss-reactive ketones (excluding diaryl/α,β-unsaturated/α-hetero) is 1. The summed E-state index contributed by atoms with van der Waals surface area (Å²) in [6.07, 6.45) is 1.30. The Morgan fingerprint density at radius 2 is 1.33 bits per heavy atom. The number of nitrogens with two attached hydrogens (primary N) is 1. The van der Waals surface area contributed by atoms with Crippen molar-refractivity contribution in [1.82, 2.24) is 60.2 Å². The number of aromatic nitrogens is 7.